The van der Waals surface area contributed by atoms with Crippen molar-refractivity contribution in [1.82, 2.24) is 14.5 Å². The number of amides is 1. The molecule has 0 bridgehead atoms. The van der Waals surface area contributed by atoms with E-state index in [1.165, 1.54) is 53.8 Å². The van der Waals surface area contributed by atoms with Crippen molar-refractivity contribution in [1.29, 1.82) is 0 Å². The van der Waals surface area contributed by atoms with E-state index < -0.39 is 23.1 Å². The van der Waals surface area contributed by atoms with Gasteiger partial charge in [0.15, 0.2) is 11.6 Å². The van der Waals surface area contributed by atoms with E-state index in [2.05, 4.69) is 22.1 Å². The summed E-state index contributed by atoms with van der Waals surface area (Å²) in [4.78, 5) is 33.8. The summed E-state index contributed by atoms with van der Waals surface area (Å²) < 4.78 is 47.8. The molecule has 1 saturated heterocycles. The zero-order valence-corrected chi connectivity index (χ0v) is 27.1. The highest BCUT2D eigenvalue weighted by Gasteiger charge is 2.27. The molecule has 4 heterocycles. The van der Waals surface area contributed by atoms with E-state index in [0.717, 1.165) is 38.0 Å². The van der Waals surface area contributed by atoms with Gasteiger partial charge in [-0.05, 0) is 92.9 Å². The molecule has 5 aromatic rings. The van der Waals surface area contributed by atoms with Crippen LogP contribution in [-0.4, -0.2) is 53.2 Å². The Balaban J connectivity index is 1.03. The SMILES string of the molecule is CC1CCN(CCCOc2ccc3c(Oc4ccc(NC(=O)c5c6c(cn(-c7ccc(F)cc7)c5=O)CCO6)cc4F)ccnc3c2)CC1. The molecule has 1 N–H and O–H groups in total. The number of hydrogen-bond acceptors (Lipinski definition) is 7. The minimum atomic E-state index is -0.757. The van der Waals surface area contributed by atoms with Gasteiger partial charge >= 0.3 is 0 Å². The van der Waals surface area contributed by atoms with E-state index in [-0.39, 0.29) is 22.7 Å². The molecule has 3 aromatic carbocycles. The number of nitrogens with zero attached hydrogens (tertiary/aromatic N) is 3. The lowest BCUT2D eigenvalue weighted by atomic mass is 9.99. The van der Waals surface area contributed by atoms with Crippen LogP contribution in [-0.2, 0) is 6.42 Å². The van der Waals surface area contributed by atoms with Crippen LogP contribution in [0.25, 0.3) is 16.6 Å². The van der Waals surface area contributed by atoms with Gasteiger partial charge in [-0.2, -0.15) is 0 Å². The second kappa shape index (κ2) is 14.1. The molecule has 0 saturated carbocycles. The maximum atomic E-state index is 15.4. The molecule has 1 fully saturated rings. The Labute approximate surface area is 282 Å². The van der Waals surface area contributed by atoms with Gasteiger partial charge in [-0.1, -0.05) is 6.92 Å². The lowest BCUT2D eigenvalue weighted by Crippen LogP contribution is -2.34. The Kier molecular flexibility index (Phi) is 9.26. The number of aromatic nitrogens is 2. The topological polar surface area (TPSA) is 94.9 Å². The van der Waals surface area contributed by atoms with E-state index in [4.69, 9.17) is 14.2 Å². The van der Waals surface area contributed by atoms with Crippen LogP contribution < -0.4 is 25.1 Å². The van der Waals surface area contributed by atoms with Crippen molar-refractivity contribution in [3.8, 4) is 28.7 Å². The summed E-state index contributed by atoms with van der Waals surface area (Å²) in [6.07, 6.45) is 7.12. The molecule has 0 aliphatic carbocycles. The fraction of sp³-hybridized carbons (Fsp3) is 0.289. The Bertz CT molecular complexity index is 2060. The number of carbonyl (C=O) groups excluding carboxylic acids is 1. The monoisotopic (exact) mass is 666 g/mol. The second-order valence-electron chi connectivity index (χ2n) is 12.5. The lowest BCUT2D eigenvalue weighted by Gasteiger charge is -2.30. The summed E-state index contributed by atoms with van der Waals surface area (Å²) in [5, 5.41) is 3.30. The molecule has 2 aromatic heterocycles. The molecule has 9 nitrogen and oxygen atoms in total. The van der Waals surface area contributed by atoms with Gasteiger partial charge in [-0.15, -0.1) is 0 Å². The van der Waals surface area contributed by atoms with Crippen LogP contribution >= 0.6 is 0 Å². The number of fused-ring (bicyclic) bond motifs is 2. The maximum absolute atomic E-state index is 15.4. The minimum Gasteiger partial charge on any atom is -0.493 e. The van der Waals surface area contributed by atoms with Gasteiger partial charge in [0.2, 0.25) is 0 Å². The molecule has 7 rings (SSSR count). The first-order valence-corrected chi connectivity index (χ1v) is 16.5. The van der Waals surface area contributed by atoms with Crippen LogP contribution in [0.1, 0.15) is 42.1 Å². The molecule has 1 amide bonds. The first-order chi connectivity index (χ1) is 23.8. The number of pyridine rings is 2. The minimum absolute atomic E-state index is 0.0551. The number of likely N-dealkylation sites (tertiary alicyclic amines) is 1. The van der Waals surface area contributed by atoms with Crippen molar-refractivity contribution in [3.63, 3.8) is 0 Å². The standard InChI is InChI=1S/C38H36F2N4O5/c1-24-12-17-43(18-13-24)16-2-19-47-29-8-9-30-32(22-29)41-15-11-33(30)49-34-10-5-27(21-31(34)40)42-37(45)35-36-25(14-20-48-36)23-44(38(35)46)28-6-3-26(39)4-7-28/h3-11,15,21-24H,2,12-14,16-20H2,1H3,(H,42,45). The predicted molar refractivity (Wildman–Crippen MR) is 182 cm³/mol. The first-order valence-electron chi connectivity index (χ1n) is 16.5. The van der Waals surface area contributed by atoms with Crippen molar-refractivity contribution in [2.24, 2.45) is 5.92 Å². The number of hydrogen-bond donors (Lipinski definition) is 1. The van der Waals surface area contributed by atoms with Gasteiger partial charge in [0, 0.05) is 59.8 Å². The van der Waals surface area contributed by atoms with Crippen LogP contribution in [0.15, 0.2) is 83.9 Å². The molecule has 2 aliphatic heterocycles. The molecular formula is C38H36F2N4O5. The molecule has 0 unspecified atom stereocenters. The average Bonchev–Trinajstić information content (AvgIpc) is 3.57. The number of benzene rings is 3. The number of anilines is 1. The summed E-state index contributed by atoms with van der Waals surface area (Å²) in [5.74, 6) is 0.127. The highest BCUT2D eigenvalue weighted by Crippen LogP contribution is 2.34. The zero-order chi connectivity index (χ0) is 33.9. The summed E-state index contributed by atoms with van der Waals surface area (Å²) in [7, 11) is 0. The first kappa shape index (κ1) is 32.3. The summed E-state index contributed by atoms with van der Waals surface area (Å²) in [5.41, 5.74) is 0.962. The van der Waals surface area contributed by atoms with Crippen molar-refractivity contribution in [2.45, 2.75) is 32.6 Å². The highest BCUT2D eigenvalue weighted by molar-refractivity contribution is 6.06. The van der Waals surface area contributed by atoms with Crippen molar-refractivity contribution < 1.29 is 27.8 Å². The fourth-order valence-electron chi connectivity index (χ4n) is 6.27. The van der Waals surface area contributed by atoms with E-state index in [1.54, 1.807) is 18.5 Å². The van der Waals surface area contributed by atoms with Crippen molar-refractivity contribution in [3.05, 3.63) is 112 Å². The molecule has 11 heteroatoms. The van der Waals surface area contributed by atoms with Crippen LogP contribution in [0.4, 0.5) is 14.5 Å². The third kappa shape index (κ3) is 7.12. The Morgan fingerprint density at radius 2 is 1.84 bits per heavy atom. The van der Waals surface area contributed by atoms with Gasteiger partial charge in [-0.25, -0.2) is 8.78 Å². The average molecular weight is 667 g/mol. The molecular weight excluding hydrogens is 630 g/mol. The van der Waals surface area contributed by atoms with Crippen LogP contribution in [0.5, 0.6) is 23.0 Å². The number of ether oxygens (including phenoxy) is 3. The normalized spacial score (nSPS) is 14.8. The maximum Gasteiger partial charge on any atom is 0.271 e. The smallest absolute Gasteiger partial charge is 0.271 e. The van der Waals surface area contributed by atoms with Crippen molar-refractivity contribution >= 4 is 22.5 Å². The summed E-state index contributed by atoms with van der Waals surface area (Å²) in [6, 6.07) is 16.6. The Morgan fingerprint density at radius 1 is 1.02 bits per heavy atom. The Morgan fingerprint density at radius 3 is 2.63 bits per heavy atom. The quantitative estimate of drug-likeness (QED) is 0.158. The number of rotatable bonds is 10. The van der Waals surface area contributed by atoms with E-state index >= 15 is 4.39 Å². The van der Waals surface area contributed by atoms with E-state index in [0.29, 0.717) is 53.3 Å². The zero-order valence-electron chi connectivity index (χ0n) is 27.1. The number of piperidine rings is 1. The highest BCUT2D eigenvalue weighted by atomic mass is 19.1. The van der Waals surface area contributed by atoms with Crippen LogP contribution in [0.3, 0.4) is 0 Å². The summed E-state index contributed by atoms with van der Waals surface area (Å²) in [6.45, 7) is 6.53. The second-order valence-corrected chi connectivity index (χ2v) is 12.5. The van der Waals surface area contributed by atoms with Gasteiger partial charge in [0.25, 0.3) is 11.5 Å². The number of carbonyl (C=O) groups is 1. The van der Waals surface area contributed by atoms with Gasteiger partial charge in [0.05, 0.1) is 18.7 Å². The lowest BCUT2D eigenvalue weighted by molar-refractivity contribution is 0.102. The Hall–Kier alpha value is -5.29. The van der Waals surface area contributed by atoms with E-state index in [1.807, 2.05) is 18.2 Å². The number of nitrogens with one attached hydrogen (secondary N) is 1. The molecule has 0 radical (unpaired) electrons. The molecule has 2 aliphatic rings. The predicted octanol–water partition coefficient (Wildman–Crippen LogP) is 7.14. The molecule has 0 spiro atoms. The third-order valence-corrected chi connectivity index (χ3v) is 9.03. The largest absolute Gasteiger partial charge is 0.493 e. The number of halogens is 2. The van der Waals surface area contributed by atoms with E-state index in [9.17, 15) is 14.0 Å². The van der Waals surface area contributed by atoms with Gasteiger partial charge in [0.1, 0.15) is 28.6 Å². The van der Waals surface area contributed by atoms with Gasteiger partial charge < -0.3 is 24.4 Å². The molecule has 0 atom stereocenters. The summed E-state index contributed by atoms with van der Waals surface area (Å²) >= 11 is 0. The molecule has 252 valence electrons. The molecule has 49 heavy (non-hydrogen) atoms. The van der Waals surface area contributed by atoms with Crippen molar-refractivity contribution in [2.75, 3.05) is 38.2 Å². The van der Waals surface area contributed by atoms with Crippen LogP contribution in [0.2, 0.25) is 0 Å². The van der Waals surface area contributed by atoms with Gasteiger partial charge in [-0.3, -0.25) is 19.1 Å². The van der Waals surface area contributed by atoms with Crippen LogP contribution in [0, 0.1) is 17.6 Å². The third-order valence-electron chi connectivity index (χ3n) is 9.03. The fourth-order valence-corrected chi connectivity index (χ4v) is 6.27.